The van der Waals surface area contributed by atoms with Crippen LogP contribution in [-0.2, 0) is 4.79 Å². The Morgan fingerprint density at radius 2 is 2.33 bits per heavy atom. The van der Waals surface area contributed by atoms with E-state index >= 15 is 0 Å². The van der Waals surface area contributed by atoms with Gasteiger partial charge in [-0.25, -0.2) is 0 Å². The normalized spacial score (nSPS) is 8.17. The average molecular weight is 90.1 g/mol. The monoisotopic (exact) mass is 90.1 g/mol. The molecule has 0 amide bonds. The largest absolute Gasteiger partial charge is 0.481 e. The lowest BCUT2D eigenvalue weighted by Crippen LogP contribution is -1.90. The van der Waals surface area contributed by atoms with E-state index in [9.17, 15) is 4.79 Å². The molecule has 0 spiro atoms. The molecule has 0 aromatic heterocycles. The molecule has 0 radical (unpaired) electrons. The highest BCUT2D eigenvalue weighted by atomic mass is 16.4. The summed E-state index contributed by atoms with van der Waals surface area (Å²) in [7, 11) is 0. The first-order chi connectivity index (χ1) is 2.77. The summed E-state index contributed by atoms with van der Waals surface area (Å²) in [5, 5.41) is 7.91. The molecule has 0 fully saturated rings. The summed E-state index contributed by atoms with van der Waals surface area (Å²) in [6.45, 7) is 1.84. The minimum absolute atomic E-state index is 0.292. The molecule has 0 unspecified atom stereocenters. The van der Waals surface area contributed by atoms with Gasteiger partial charge in [-0.15, -0.1) is 0 Å². The van der Waals surface area contributed by atoms with Gasteiger partial charge in [0.2, 0.25) is 0 Å². The zero-order valence-electron chi connectivity index (χ0n) is 3.77. The zero-order valence-corrected chi connectivity index (χ0v) is 3.77. The zero-order chi connectivity index (χ0) is 4.99. The van der Waals surface area contributed by atoms with Crippen molar-refractivity contribution in [1.29, 1.82) is 0 Å². The summed E-state index contributed by atoms with van der Waals surface area (Å²) in [4.78, 5) is 9.60. The van der Waals surface area contributed by atoms with Crippen molar-refractivity contribution in [3.8, 4) is 0 Å². The van der Waals surface area contributed by atoms with E-state index in [2.05, 4.69) is 0 Å². The molecule has 0 rings (SSSR count). The van der Waals surface area contributed by atoms with Crippen LogP contribution < -0.4 is 0 Å². The van der Waals surface area contributed by atoms with Crippen molar-refractivity contribution < 1.29 is 9.90 Å². The first-order valence-electron chi connectivity index (χ1n) is 1.99. The van der Waals surface area contributed by atoms with Gasteiger partial charge in [0.05, 0.1) is 0 Å². The Morgan fingerprint density at radius 3 is 2.33 bits per heavy atom. The molecule has 1 N–H and O–H groups in total. The number of carboxylic acids is 1. The van der Waals surface area contributed by atoms with Crippen molar-refractivity contribution in [2.75, 3.05) is 0 Å². The first-order valence-corrected chi connectivity index (χ1v) is 1.99. The standard InChI is InChI=1S/C4H8O2/c1-2-3-4(5)6/h2-3H2,1H3,(H,5,6)/i2+1,3+1. The third-order valence-corrected chi connectivity index (χ3v) is 0.464. The molecule has 0 aliphatic heterocycles. The summed E-state index contributed by atoms with van der Waals surface area (Å²) in [6.07, 6.45) is 1.02. The lowest BCUT2D eigenvalue weighted by Gasteiger charge is -1.79. The number of rotatable bonds is 2. The van der Waals surface area contributed by atoms with Gasteiger partial charge in [0.25, 0.3) is 0 Å². The lowest BCUT2D eigenvalue weighted by atomic mass is 10.9. The van der Waals surface area contributed by atoms with E-state index in [0.29, 0.717) is 6.42 Å². The average Bonchev–Trinajstić information content (AvgIpc) is 1.35. The second-order valence-corrected chi connectivity index (χ2v) is 1.14. The van der Waals surface area contributed by atoms with Crippen LogP contribution >= 0.6 is 0 Å². The Labute approximate surface area is 36.8 Å². The number of aliphatic carboxylic acids is 1. The van der Waals surface area contributed by atoms with Crippen LogP contribution in [0.4, 0.5) is 0 Å². The van der Waals surface area contributed by atoms with Gasteiger partial charge in [0.15, 0.2) is 0 Å². The van der Waals surface area contributed by atoms with Crippen LogP contribution in [0.3, 0.4) is 0 Å². The SMILES string of the molecule is C[13CH2][13CH2]C(=O)O. The first kappa shape index (κ1) is 5.47. The number of hydrogen-bond acceptors (Lipinski definition) is 1. The molecule has 0 saturated carbocycles. The highest BCUT2D eigenvalue weighted by molar-refractivity contribution is 5.66. The maximum Gasteiger partial charge on any atom is 0.303 e. The van der Waals surface area contributed by atoms with Crippen molar-refractivity contribution in [2.24, 2.45) is 0 Å². The molecule has 0 saturated heterocycles. The Kier molecular flexibility index (Phi) is 2.46. The number of carboxylic acid groups (broad SMARTS) is 1. The third kappa shape index (κ3) is 3.47. The highest BCUT2D eigenvalue weighted by Gasteiger charge is 1.87. The van der Waals surface area contributed by atoms with Crippen LogP contribution in [0.15, 0.2) is 0 Å². The molecule has 0 aromatic carbocycles. The van der Waals surface area contributed by atoms with Gasteiger partial charge in [-0.3, -0.25) is 4.79 Å². The summed E-state index contributed by atoms with van der Waals surface area (Å²) in [6, 6.07) is 0. The second-order valence-electron chi connectivity index (χ2n) is 1.14. The van der Waals surface area contributed by atoms with Gasteiger partial charge in [-0.1, -0.05) is 6.92 Å². The van der Waals surface area contributed by atoms with Crippen LogP contribution in [0.25, 0.3) is 0 Å². The predicted molar refractivity (Wildman–Crippen MR) is 22.5 cm³/mol. The molecule has 0 atom stereocenters. The van der Waals surface area contributed by atoms with E-state index < -0.39 is 5.97 Å². The molecule has 0 bridgehead atoms. The Morgan fingerprint density at radius 1 is 1.83 bits per heavy atom. The van der Waals surface area contributed by atoms with E-state index in [1.807, 2.05) is 6.92 Å². The van der Waals surface area contributed by atoms with E-state index in [1.54, 1.807) is 0 Å². The predicted octanol–water partition coefficient (Wildman–Crippen LogP) is 0.871. The van der Waals surface area contributed by atoms with Crippen LogP contribution in [-0.4, -0.2) is 11.1 Å². The Balaban J connectivity index is 2.83. The molecule has 0 aromatic rings. The summed E-state index contributed by atoms with van der Waals surface area (Å²) in [5.41, 5.74) is 0. The molecule has 2 nitrogen and oxygen atoms in total. The van der Waals surface area contributed by atoms with Crippen LogP contribution in [0.1, 0.15) is 19.8 Å². The molecule has 2 heteroatoms. The molecular formula is C4H8O2. The maximum atomic E-state index is 9.60. The number of carbonyl (C=O) groups is 1. The molecule has 0 aliphatic rings. The van der Waals surface area contributed by atoms with Gasteiger partial charge in [0.1, 0.15) is 0 Å². The lowest BCUT2D eigenvalue weighted by molar-refractivity contribution is -0.137. The van der Waals surface area contributed by atoms with E-state index in [-0.39, 0.29) is 0 Å². The van der Waals surface area contributed by atoms with E-state index in [1.165, 1.54) is 0 Å². The summed E-state index contributed by atoms with van der Waals surface area (Å²) in [5.74, 6) is -0.711. The van der Waals surface area contributed by atoms with Crippen LogP contribution in [0.5, 0.6) is 0 Å². The van der Waals surface area contributed by atoms with Crippen molar-refractivity contribution in [2.45, 2.75) is 19.8 Å². The highest BCUT2D eigenvalue weighted by Crippen LogP contribution is 1.82. The van der Waals surface area contributed by atoms with E-state index in [4.69, 9.17) is 5.11 Å². The summed E-state index contributed by atoms with van der Waals surface area (Å²) < 4.78 is 0. The van der Waals surface area contributed by atoms with Gasteiger partial charge in [0, 0.05) is 6.42 Å². The van der Waals surface area contributed by atoms with Crippen molar-refractivity contribution in [1.82, 2.24) is 0 Å². The van der Waals surface area contributed by atoms with Gasteiger partial charge in [-0.2, -0.15) is 0 Å². The minimum Gasteiger partial charge on any atom is -0.481 e. The van der Waals surface area contributed by atoms with Crippen molar-refractivity contribution in [3.05, 3.63) is 0 Å². The fourth-order valence-corrected chi connectivity index (χ4v) is 0.214. The topological polar surface area (TPSA) is 37.3 Å². The fraction of sp³-hybridized carbons (Fsp3) is 0.750. The molecule has 0 heterocycles. The molecule has 6 heavy (non-hydrogen) atoms. The van der Waals surface area contributed by atoms with Crippen LogP contribution in [0, 0.1) is 0 Å². The Bertz CT molecular complexity index is 49.5. The van der Waals surface area contributed by atoms with Crippen LogP contribution in [0.2, 0.25) is 0 Å². The second kappa shape index (κ2) is 2.69. The Hall–Kier alpha value is -0.530. The minimum atomic E-state index is -0.711. The fourth-order valence-electron chi connectivity index (χ4n) is 0.214. The molecular weight excluding hydrogens is 82.0 g/mol. The number of hydrogen-bond donors (Lipinski definition) is 1. The van der Waals surface area contributed by atoms with E-state index in [0.717, 1.165) is 6.42 Å². The van der Waals surface area contributed by atoms with Gasteiger partial charge < -0.3 is 5.11 Å². The van der Waals surface area contributed by atoms with Gasteiger partial charge in [-0.05, 0) is 6.42 Å². The van der Waals surface area contributed by atoms with Crippen molar-refractivity contribution >= 4 is 5.97 Å². The van der Waals surface area contributed by atoms with Crippen molar-refractivity contribution in [3.63, 3.8) is 0 Å². The van der Waals surface area contributed by atoms with Gasteiger partial charge >= 0.3 is 5.97 Å². The smallest absolute Gasteiger partial charge is 0.303 e. The quantitative estimate of drug-likeness (QED) is 0.511. The molecule has 36 valence electrons. The third-order valence-electron chi connectivity index (χ3n) is 0.464. The molecule has 0 aliphatic carbocycles. The summed E-state index contributed by atoms with van der Waals surface area (Å²) >= 11 is 0. The maximum absolute atomic E-state index is 9.60.